The minimum absolute atomic E-state index is 0.353. The molecule has 0 amide bonds. The van der Waals surface area contributed by atoms with Crippen molar-refractivity contribution in [2.45, 2.75) is 32.7 Å². The van der Waals surface area contributed by atoms with Gasteiger partial charge in [0.2, 0.25) is 0 Å². The van der Waals surface area contributed by atoms with Crippen LogP contribution < -0.4 is 11.3 Å². The van der Waals surface area contributed by atoms with E-state index in [-0.39, 0.29) is 0 Å². The van der Waals surface area contributed by atoms with Crippen LogP contribution in [0.25, 0.3) is 10.8 Å². The monoisotopic (exact) mass is 242 g/mol. The summed E-state index contributed by atoms with van der Waals surface area (Å²) in [5.74, 6) is 6.29. The lowest BCUT2D eigenvalue weighted by atomic mass is 9.96. The summed E-state index contributed by atoms with van der Waals surface area (Å²) in [4.78, 5) is 0. The fourth-order valence-electron chi connectivity index (χ4n) is 2.43. The van der Waals surface area contributed by atoms with Crippen LogP contribution in [0.1, 0.15) is 25.8 Å². The third-order valence-electron chi connectivity index (χ3n) is 3.29. The molecule has 0 aromatic heterocycles. The Morgan fingerprint density at radius 2 is 1.78 bits per heavy atom. The SMILES string of the molecule is CC(C)CC(Cc1ccc2ccccc2c1)NN. The van der Waals surface area contributed by atoms with Gasteiger partial charge in [0.25, 0.3) is 0 Å². The molecule has 2 rings (SSSR count). The van der Waals surface area contributed by atoms with Crippen LogP contribution in [0.2, 0.25) is 0 Å². The molecule has 2 heteroatoms. The maximum atomic E-state index is 5.63. The van der Waals surface area contributed by atoms with E-state index in [9.17, 15) is 0 Å². The van der Waals surface area contributed by atoms with Crippen LogP contribution in [0, 0.1) is 5.92 Å². The summed E-state index contributed by atoms with van der Waals surface area (Å²) in [5.41, 5.74) is 4.27. The van der Waals surface area contributed by atoms with Crippen molar-refractivity contribution in [2.24, 2.45) is 11.8 Å². The van der Waals surface area contributed by atoms with Gasteiger partial charge in [-0.25, -0.2) is 0 Å². The zero-order valence-corrected chi connectivity index (χ0v) is 11.2. The molecule has 3 N–H and O–H groups in total. The van der Waals surface area contributed by atoms with Crippen molar-refractivity contribution >= 4 is 10.8 Å². The van der Waals surface area contributed by atoms with Gasteiger partial charge in [-0.3, -0.25) is 11.3 Å². The van der Waals surface area contributed by atoms with Crippen molar-refractivity contribution < 1.29 is 0 Å². The first-order chi connectivity index (χ1) is 8.69. The Labute approximate surface area is 109 Å². The minimum Gasteiger partial charge on any atom is -0.271 e. The molecule has 0 spiro atoms. The van der Waals surface area contributed by atoms with Gasteiger partial charge in [0.15, 0.2) is 0 Å². The van der Waals surface area contributed by atoms with Crippen LogP contribution in [0.4, 0.5) is 0 Å². The molecule has 0 aliphatic carbocycles. The first-order valence-corrected chi connectivity index (χ1v) is 6.63. The second-order valence-electron chi connectivity index (χ2n) is 5.38. The standard InChI is InChI=1S/C16H22N2/c1-12(2)9-16(18-17)11-13-7-8-14-5-3-4-6-15(14)10-13/h3-8,10,12,16,18H,9,11,17H2,1-2H3. The Hall–Kier alpha value is -1.38. The van der Waals surface area contributed by atoms with Crippen LogP contribution in [0.15, 0.2) is 42.5 Å². The predicted octanol–water partition coefficient (Wildman–Crippen LogP) is 3.26. The number of hydrazine groups is 1. The van der Waals surface area contributed by atoms with Gasteiger partial charge in [0, 0.05) is 6.04 Å². The highest BCUT2D eigenvalue weighted by molar-refractivity contribution is 5.82. The van der Waals surface area contributed by atoms with Crippen molar-refractivity contribution in [3.05, 3.63) is 48.0 Å². The average Bonchev–Trinajstić information content (AvgIpc) is 2.37. The molecule has 2 aromatic carbocycles. The van der Waals surface area contributed by atoms with Gasteiger partial charge in [0.1, 0.15) is 0 Å². The molecule has 0 radical (unpaired) electrons. The molecule has 0 heterocycles. The Bertz CT molecular complexity index is 505. The molecule has 0 saturated heterocycles. The molecule has 0 bridgehead atoms. The van der Waals surface area contributed by atoms with E-state index >= 15 is 0 Å². The lowest BCUT2D eigenvalue weighted by Crippen LogP contribution is -2.37. The number of benzene rings is 2. The van der Waals surface area contributed by atoms with E-state index in [4.69, 9.17) is 5.84 Å². The fraction of sp³-hybridized carbons (Fsp3) is 0.375. The number of nitrogens with two attached hydrogens (primary N) is 1. The van der Waals surface area contributed by atoms with Gasteiger partial charge in [-0.05, 0) is 35.1 Å². The highest BCUT2D eigenvalue weighted by atomic mass is 15.2. The Kier molecular flexibility index (Phi) is 4.34. The first-order valence-electron chi connectivity index (χ1n) is 6.63. The second-order valence-corrected chi connectivity index (χ2v) is 5.38. The number of nitrogens with one attached hydrogen (secondary N) is 1. The number of hydrogen-bond acceptors (Lipinski definition) is 2. The molecule has 2 aromatic rings. The van der Waals surface area contributed by atoms with E-state index < -0.39 is 0 Å². The Morgan fingerprint density at radius 3 is 2.44 bits per heavy atom. The van der Waals surface area contributed by atoms with Crippen LogP contribution >= 0.6 is 0 Å². The van der Waals surface area contributed by atoms with Crippen LogP contribution in [-0.2, 0) is 6.42 Å². The fourth-order valence-corrected chi connectivity index (χ4v) is 2.43. The summed E-state index contributed by atoms with van der Waals surface area (Å²) in [7, 11) is 0. The number of hydrogen-bond donors (Lipinski definition) is 2. The second kappa shape index (κ2) is 5.98. The molecular formula is C16H22N2. The van der Waals surface area contributed by atoms with Gasteiger partial charge in [0.05, 0.1) is 0 Å². The molecular weight excluding hydrogens is 220 g/mol. The van der Waals surface area contributed by atoms with Crippen molar-refractivity contribution in [1.82, 2.24) is 5.43 Å². The summed E-state index contributed by atoms with van der Waals surface area (Å²) >= 11 is 0. The summed E-state index contributed by atoms with van der Waals surface area (Å²) in [6.07, 6.45) is 2.09. The van der Waals surface area contributed by atoms with E-state index in [1.54, 1.807) is 0 Å². The highest BCUT2D eigenvalue weighted by Crippen LogP contribution is 2.18. The predicted molar refractivity (Wildman–Crippen MR) is 78.2 cm³/mol. The molecule has 18 heavy (non-hydrogen) atoms. The normalized spacial score (nSPS) is 13.1. The summed E-state index contributed by atoms with van der Waals surface area (Å²) in [6, 6.07) is 15.5. The van der Waals surface area contributed by atoms with Gasteiger partial charge in [-0.15, -0.1) is 0 Å². The summed E-state index contributed by atoms with van der Waals surface area (Å²) in [5, 5.41) is 2.60. The van der Waals surface area contributed by atoms with Crippen molar-refractivity contribution in [3.63, 3.8) is 0 Å². The highest BCUT2D eigenvalue weighted by Gasteiger charge is 2.10. The van der Waals surface area contributed by atoms with E-state index in [1.807, 2.05) is 0 Å². The average molecular weight is 242 g/mol. The van der Waals surface area contributed by atoms with Crippen molar-refractivity contribution in [3.8, 4) is 0 Å². The lowest BCUT2D eigenvalue weighted by Gasteiger charge is -2.18. The van der Waals surface area contributed by atoms with Crippen LogP contribution in [0.5, 0.6) is 0 Å². The molecule has 0 aliphatic heterocycles. The van der Waals surface area contributed by atoms with Gasteiger partial charge < -0.3 is 0 Å². The molecule has 96 valence electrons. The zero-order chi connectivity index (χ0) is 13.0. The summed E-state index contributed by atoms with van der Waals surface area (Å²) < 4.78 is 0. The first kappa shape index (κ1) is 13.1. The van der Waals surface area contributed by atoms with E-state index in [2.05, 4.69) is 61.7 Å². The maximum Gasteiger partial charge on any atom is 0.0253 e. The number of fused-ring (bicyclic) bond motifs is 1. The molecule has 0 saturated carbocycles. The molecule has 0 fully saturated rings. The van der Waals surface area contributed by atoms with Gasteiger partial charge in [-0.1, -0.05) is 56.3 Å². The third-order valence-corrected chi connectivity index (χ3v) is 3.29. The molecule has 2 nitrogen and oxygen atoms in total. The smallest absolute Gasteiger partial charge is 0.0253 e. The molecule has 1 atom stereocenters. The van der Waals surface area contributed by atoms with Crippen molar-refractivity contribution in [1.29, 1.82) is 0 Å². The van der Waals surface area contributed by atoms with Gasteiger partial charge >= 0.3 is 0 Å². The minimum atomic E-state index is 0.353. The molecule has 0 aliphatic rings. The lowest BCUT2D eigenvalue weighted by molar-refractivity contribution is 0.423. The third kappa shape index (κ3) is 3.31. The zero-order valence-electron chi connectivity index (χ0n) is 11.2. The summed E-state index contributed by atoms with van der Waals surface area (Å²) in [6.45, 7) is 4.45. The number of rotatable bonds is 5. The van der Waals surface area contributed by atoms with Crippen LogP contribution in [-0.4, -0.2) is 6.04 Å². The topological polar surface area (TPSA) is 38.0 Å². The van der Waals surface area contributed by atoms with E-state index in [0.29, 0.717) is 12.0 Å². The van der Waals surface area contributed by atoms with Crippen molar-refractivity contribution in [2.75, 3.05) is 0 Å². The Balaban J connectivity index is 2.15. The quantitative estimate of drug-likeness (QED) is 0.624. The maximum absolute atomic E-state index is 5.63. The Morgan fingerprint density at radius 1 is 1.06 bits per heavy atom. The van der Waals surface area contributed by atoms with Gasteiger partial charge in [-0.2, -0.15) is 0 Å². The largest absolute Gasteiger partial charge is 0.271 e. The van der Waals surface area contributed by atoms with E-state index in [1.165, 1.54) is 16.3 Å². The van der Waals surface area contributed by atoms with Crippen LogP contribution in [0.3, 0.4) is 0 Å². The molecule has 1 unspecified atom stereocenters. The van der Waals surface area contributed by atoms with E-state index in [0.717, 1.165) is 12.8 Å².